The van der Waals surface area contributed by atoms with Gasteiger partial charge in [-0.15, -0.1) is 0 Å². The van der Waals surface area contributed by atoms with E-state index in [1.807, 2.05) is 12.1 Å². The molecule has 0 radical (unpaired) electrons. The monoisotopic (exact) mass is 289 g/mol. The van der Waals surface area contributed by atoms with Gasteiger partial charge in [-0.25, -0.2) is 0 Å². The van der Waals surface area contributed by atoms with E-state index in [9.17, 15) is 4.79 Å². The number of benzene rings is 1. The molecule has 1 fully saturated rings. The second kappa shape index (κ2) is 8.18. The molecule has 2 rings (SSSR count). The van der Waals surface area contributed by atoms with Crippen LogP contribution in [0, 0.1) is 5.92 Å². The average molecular weight is 289 g/mol. The first-order chi connectivity index (χ1) is 10.2. The minimum Gasteiger partial charge on any atom is -0.481 e. The van der Waals surface area contributed by atoms with Gasteiger partial charge in [-0.3, -0.25) is 9.69 Å². The summed E-state index contributed by atoms with van der Waals surface area (Å²) >= 11 is 0. The molecule has 1 N–H and O–H groups in total. The molecule has 1 aromatic rings. The third-order valence-electron chi connectivity index (χ3n) is 4.42. The van der Waals surface area contributed by atoms with Crippen molar-refractivity contribution in [3.8, 4) is 0 Å². The quantitative estimate of drug-likeness (QED) is 0.867. The summed E-state index contributed by atoms with van der Waals surface area (Å²) in [5.74, 6) is 0.148. The summed E-state index contributed by atoms with van der Waals surface area (Å²) < 4.78 is 0. The molecule has 1 unspecified atom stereocenters. The summed E-state index contributed by atoms with van der Waals surface area (Å²) in [5, 5.41) is 8.79. The largest absolute Gasteiger partial charge is 0.481 e. The fourth-order valence-electron chi connectivity index (χ4n) is 3.28. The van der Waals surface area contributed by atoms with Crippen molar-refractivity contribution in [1.29, 1.82) is 0 Å². The van der Waals surface area contributed by atoms with E-state index in [1.165, 1.54) is 50.8 Å². The topological polar surface area (TPSA) is 40.5 Å². The van der Waals surface area contributed by atoms with Crippen LogP contribution in [0.5, 0.6) is 0 Å². The van der Waals surface area contributed by atoms with Crippen LogP contribution in [0.4, 0.5) is 0 Å². The van der Waals surface area contributed by atoms with E-state index in [0.717, 1.165) is 18.0 Å². The standard InChI is InChI=1S/C18H27NO2/c1-2-4-15-5-3-11-19(12-10-15)14-17-8-6-16(7-9-17)13-18(20)21/h6-9,15H,2-5,10-14H2,1H3,(H,20,21). The highest BCUT2D eigenvalue weighted by atomic mass is 16.4. The Morgan fingerprint density at radius 3 is 2.57 bits per heavy atom. The molecule has 0 spiro atoms. The molecule has 0 saturated carbocycles. The zero-order valence-corrected chi connectivity index (χ0v) is 13.1. The highest BCUT2D eigenvalue weighted by molar-refractivity contribution is 5.70. The lowest BCUT2D eigenvalue weighted by molar-refractivity contribution is -0.136. The Bertz CT molecular complexity index is 441. The summed E-state index contributed by atoms with van der Waals surface area (Å²) in [6.07, 6.45) is 6.80. The maximum atomic E-state index is 10.7. The van der Waals surface area contributed by atoms with E-state index in [2.05, 4.69) is 24.0 Å². The van der Waals surface area contributed by atoms with E-state index >= 15 is 0 Å². The zero-order chi connectivity index (χ0) is 15.1. The van der Waals surface area contributed by atoms with Crippen molar-refractivity contribution in [2.75, 3.05) is 13.1 Å². The lowest BCUT2D eigenvalue weighted by Gasteiger charge is -2.20. The van der Waals surface area contributed by atoms with Gasteiger partial charge in [0.1, 0.15) is 0 Å². The predicted molar refractivity (Wildman–Crippen MR) is 85.3 cm³/mol. The average Bonchev–Trinajstić information content (AvgIpc) is 2.67. The molecular weight excluding hydrogens is 262 g/mol. The van der Waals surface area contributed by atoms with E-state index in [4.69, 9.17) is 5.11 Å². The Kier molecular flexibility index (Phi) is 6.24. The molecule has 1 heterocycles. The minimum absolute atomic E-state index is 0.114. The number of nitrogens with zero attached hydrogens (tertiary/aromatic N) is 1. The summed E-state index contributed by atoms with van der Waals surface area (Å²) in [4.78, 5) is 13.2. The number of carbonyl (C=O) groups is 1. The van der Waals surface area contributed by atoms with Crippen molar-refractivity contribution in [2.24, 2.45) is 5.92 Å². The van der Waals surface area contributed by atoms with Gasteiger partial charge in [0.2, 0.25) is 0 Å². The number of carboxylic acid groups (broad SMARTS) is 1. The van der Waals surface area contributed by atoms with E-state index in [1.54, 1.807) is 0 Å². The molecule has 0 bridgehead atoms. The number of rotatable bonds is 6. The summed E-state index contributed by atoms with van der Waals surface area (Å²) in [7, 11) is 0. The first kappa shape index (κ1) is 16.0. The molecule has 1 saturated heterocycles. The van der Waals surface area contributed by atoms with Crippen molar-refractivity contribution in [2.45, 2.75) is 52.0 Å². The molecule has 3 nitrogen and oxygen atoms in total. The van der Waals surface area contributed by atoms with Crippen LogP contribution >= 0.6 is 0 Å². The first-order valence-electron chi connectivity index (χ1n) is 8.19. The molecule has 1 atom stereocenters. The van der Waals surface area contributed by atoms with Crippen molar-refractivity contribution < 1.29 is 9.90 Å². The van der Waals surface area contributed by atoms with Crippen molar-refractivity contribution in [3.05, 3.63) is 35.4 Å². The van der Waals surface area contributed by atoms with E-state index in [-0.39, 0.29) is 6.42 Å². The zero-order valence-electron chi connectivity index (χ0n) is 13.1. The Morgan fingerprint density at radius 2 is 1.90 bits per heavy atom. The first-order valence-corrected chi connectivity index (χ1v) is 8.19. The van der Waals surface area contributed by atoms with Gasteiger partial charge in [0.25, 0.3) is 0 Å². The van der Waals surface area contributed by atoms with Crippen LogP contribution in [0.25, 0.3) is 0 Å². The van der Waals surface area contributed by atoms with Gasteiger partial charge in [0.05, 0.1) is 6.42 Å². The number of likely N-dealkylation sites (tertiary alicyclic amines) is 1. The molecule has 21 heavy (non-hydrogen) atoms. The van der Waals surface area contributed by atoms with Crippen LogP contribution in [-0.4, -0.2) is 29.1 Å². The van der Waals surface area contributed by atoms with Gasteiger partial charge in [-0.05, 0) is 49.4 Å². The third kappa shape index (κ3) is 5.50. The van der Waals surface area contributed by atoms with Crippen molar-refractivity contribution >= 4 is 5.97 Å². The maximum Gasteiger partial charge on any atom is 0.307 e. The highest BCUT2D eigenvalue weighted by Gasteiger charge is 2.16. The molecule has 3 heteroatoms. The second-order valence-electron chi connectivity index (χ2n) is 6.25. The summed E-state index contributed by atoms with van der Waals surface area (Å²) in [6.45, 7) is 5.66. The number of hydrogen-bond acceptors (Lipinski definition) is 2. The van der Waals surface area contributed by atoms with Crippen LogP contribution in [0.15, 0.2) is 24.3 Å². The van der Waals surface area contributed by atoms with Crippen LogP contribution < -0.4 is 0 Å². The Morgan fingerprint density at radius 1 is 1.19 bits per heavy atom. The van der Waals surface area contributed by atoms with Crippen molar-refractivity contribution in [3.63, 3.8) is 0 Å². The lowest BCUT2D eigenvalue weighted by atomic mass is 9.96. The highest BCUT2D eigenvalue weighted by Crippen LogP contribution is 2.22. The molecule has 0 aliphatic carbocycles. The van der Waals surface area contributed by atoms with Gasteiger partial charge in [0.15, 0.2) is 0 Å². The molecule has 1 aromatic carbocycles. The number of aliphatic carboxylic acids is 1. The normalized spacial score (nSPS) is 20.1. The molecule has 116 valence electrons. The lowest BCUT2D eigenvalue weighted by Crippen LogP contribution is -2.24. The Hall–Kier alpha value is -1.35. The van der Waals surface area contributed by atoms with Gasteiger partial charge in [0, 0.05) is 6.54 Å². The van der Waals surface area contributed by atoms with Crippen LogP contribution in [-0.2, 0) is 17.8 Å². The van der Waals surface area contributed by atoms with Crippen LogP contribution in [0.2, 0.25) is 0 Å². The van der Waals surface area contributed by atoms with Gasteiger partial charge < -0.3 is 5.11 Å². The fourth-order valence-corrected chi connectivity index (χ4v) is 3.28. The summed E-state index contributed by atoms with van der Waals surface area (Å²) in [6, 6.07) is 8.04. The van der Waals surface area contributed by atoms with Crippen LogP contribution in [0.1, 0.15) is 50.2 Å². The SMILES string of the molecule is CCCC1CCCN(Cc2ccc(CC(=O)O)cc2)CC1. The predicted octanol–water partition coefficient (Wildman–Crippen LogP) is 3.72. The molecular formula is C18H27NO2. The molecule has 0 aromatic heterocycles. The van der Waals surface area contributed by atoms with E-state index < -0.39 is 5.97 Å². The molecule has 1 aliphatic heterocycles. The minimum atomic E-state index is -0.766. The third-order valence-corrected chi connectivity index (χ3v) is 4.42. The van der Waals surface area contributed by atoms with Gasteiger partial charge >= 0.3 is 5.97 Å². The maximum absolute atomic E-state index is 10.7. The van der Waals surface area contributed by atoms with Gasteiger partial charge in [-0.1, -0.05) is 44.0 Å². The Labute approximate surface area is 128 Å². The number of carboxylic acids is 1. The van der Waals surface area contributed by atoms with Crippen LogP contribution in [0.3, 0.4) is 0 Å². The summed E-state index contributed by atoms with van der Waals surface area (Å²) in [5.41, 5.74) is 2.17. The fraction of sp³-hybridized carbons (Fsp3) is 0.611. The molecule has 1 aliphatic rings. The van der Waals surface area contributed by atoms with Crippen molar-refractivity contribution in [1.82, 2.24) is 4.90 Å². The van der Waals surface area contributed by atoms with E-state index in [0.29, 0.717) is 0 Å². The van der Waals surface area contributed by atoms with Gasteiger partial charge in [-0.2, -0.15) is 0 Å². The smallest absolute Gasteiger partial charge is 0.307 e. The Balaban J connectivity index is 1.85. The second-order valence-corrected chi connectivity index (χ2v) is 6.25. The molecule has 0 amide bonds. The number of hydrogen-bond donors (Lipinski definition) is 1.